The molecule has 2 unspecified atom stereocenters. The van der Waals surface area contributed by atoms with Crippen LogP contribution in [0.3, 0.4) is 0 Å². The molecule has 1 aliphatic heterocycles. The number of carbonyl (C=O) groups excluding carboxylic acids is 1. The maximum Gasteiger partial charge on any atom is 0.273 e. The number of thiazole rings is 1. The van der Waals surface area contributed by atoms with Gasteiger partial charge in [0.2, 0.25) is 0 Å². The van der Waals surface area contributed by atoms with Crippen LogP contribution in [-0.4, -0.2) is 41.1 Å². The summed E-state index contributed by atoms with van der Waals surface area (Å²) in [6, 6.07) is 6.16. The molecule has 22 heavy (non-hydrogen) atoms. The van der Waals surface area contributed by atoms with E-state index in [2.05, 4.69) is 4.98 Å². The Hall–Kier alpha value is -1.79. The molecular weight excluding hydrogens is 303 g/mol. The second kappa shape index (κ2) is 6.14. The van der Waals surface area contributed by atoms with E-state index in [9.17, 15) is 9.18 Å². The molecule has 1 aromatic carbocycles. The van der Waals surface area contributed by atoms with Crippen molar-refractivity contribution in [3.05, 3.63) is 41.2 Å². The largest absolute Gasteiger partial charge is 0.375 e. The summed E-state index contributed by atoms with van der Waals surface area (Å²) in [5.41, 5.74) is 1.25. The third-order valence-electron chi connectivity index (χ3n) is 3.68. The highest BCUT2D eigenvalue weighted by Crippen LogP contribution is 2.25. The van der Waals surface area contributed by atoms with Crippen molar-refractivity contribution in [1.82, 2.24) is 9.88 Å². The second-order valence-electron chi connectivity index (χ2n) is 5.50. The van der Waals surface area contributed by atoms with Gasteiger partial charge in [0.05, 0.1) is 18.8 Å². The lowest BCUT2D eigenvalue weighted by Crippen LogP contribution is -2.50. The number of hydrogen-bond donors (Lipinski definition) is 0. The van der Waals surface area contributed by atoms with Gasteiger partial charge in [-0.05, 0) is 38.1 Å². The average molecular weight is 320 g/mol. The first kappa shape index (κ1) is 15.1. The fourth-order valence-corrected chi connectivity index (χ4v) is 3.23. The molecule has 0 N–H and O–H groups in total. The third kappa shape index (κ3) is 3.03. The zero-order valence-electron chi connectivity index (χ0n) is 12.5. The molecule has 2 atom stereocenters. The molecule has 0 aliphatic carbocycles. The predicted octanol–water partition coefficient (Wildman–Crippen LogP) is 3.20. The average Bonchev–Trinajstić information content (AvgIpc) is 2.99. The molecular formula is C16H17FN2O2S. The van der Waals surface area contributed by atoms with E-state index >= 15 is 0 Å². The van der Waals surface area contributed by atoms with Crippen molar-refractivity contribution in [3.63, 3.8) is 0 Å². The van der Waals surface area contributed by atoms with Gasteiger partial charge in [-0.25, -0.2) is 9.37 Å². The third-order valence-corrected chi connectivity index (χ3v) is 4.57. The molecule has 0 bridgehead atoms. The van der Waals surface area contributed by atoms with Gasteiger partial charge in [-0.1, -0.05) is 0 Å². The molecule has 116 valence electrons. The Morgan fingerprint density at radius 3 is 2.82 bits per heavy atom. The molecule has 1 amide bonds. The second-order valence-corrected chi connectivity index (χ2v) is 6.35. The van der Waals surface area contributed by atoms with Crippen LogP contribution in [0.15, 0.2) is 29.6 Å². The maximum absolute atomic E-state index is 13.0. The van der Waals surface area contributed by atoms with Crippen LogP contribution in [-0.2, 0) is 4.74 Å². The maximum atomic E-state index is 13.0. The van der Waals surface area contributed by atoms with Crippen molar-refractivity contribution in [2.45, 2.75) is 26.0 Å². The van der Waals surface area contributed by atoms with Gasteiger partial charge in [-0.2, -0.15) is 0 Å². The minimum atomic E-state index is -0.285. The Kier molecular flexibility index (Phi) is 4.22. The molecule has 0 spiro atoms. The summed E-state index contributed by atoms with van der Waals surface area (Å²) in [4.78, 5) is 18.8. The first-order chi connectivity index (χ1) is 10.5. The molecule has 1 aliphatic rings. The zero-order chi connectivity index (χ0) is 15.7. The molecule has 3 rings (SSSR count). The van der Waals surface area contributed by atoms with E-state index in [1.54, 1.807) is 22.4 Å². The summed E-state index contributed by atoms with van der Waals surface area (Å²) < 4.78 is 18.5. The summed E-state index contributed by atoms with van der Waals surface area (Å²) in [7, 11) is 0. The van der Waals surface area contributed by atoms with Crippen molar-refractivity contribution in [2.75, 3.05) is 13.2 Å². The van der Waals surface area contributed by atoms with Crippen LogP contribution < -0.4 is 0 Å². The van der Waals surface area contributed by atoms with Crippen LogP contribution in [0.4, 0.5) is 4.39 Å². The summed E-state index contributed by atoms with van der Waals surface area (Å²) in [5, 5.41) is 2.48. The number of nitrogens with zero attached hydrogens (tertiary/aromatic N) is 2. The minimum absolute atomic E-state index is 0.0374. The number of aromatic nitrogens is 1. The number of morpholine rings is 1. The van der Waals surface area contributed by atoms with Crippen molar-refractivity contribution in [1.29, 1.82) is 0 Å². The number of halogens is 1. The van der Waals surface area contributed by atoms with Crippen molar-refractivity contribution in [2.24, 2.45) is 0 Å². The normalized spacial score (nSPS) is 21.9. The number of benzene rings is 1. The van der Waals surface area contributed by atoms with Gasteiger partial charge >= 0.3 is 0 Å². The van der Waals surface area contributed by atoms with E-state index in [1.165, 1.54) is 23.5 Å². The molecule has 1 aromatic heterocycles. The molecule has 2 heterocycles. The van der Waals surface area contributed by atoms with E-state index in [1.807, 2.05) is 13.8 Å². The predicted molar refractivity (Wildman–Crippen MR) is 83.4 cm³/mol. The highest BCUT2D eigenvalue weighted by Gasteiger charge is 2.29. The Balaban J connectivity index is 1.81. The molecule has 1 fully saturated rings. The van der Waals surface area contributed by atoms with E-state index in [0.29, 0.717) is 18.8 Å². The molecule has 4 nitrogen and oxygen atoms in total. The zero-order valence-corrected chi connectivity index (χ0v) is 13.3. The number of amides is 1. The van der Waals surface area contributed by atoms with Crippen LogP contribution >= 0.6 is 11.3 Å². The Morgan fingerprint density at radius 2 is 2.09 bits per heavy atom. The molecule has 0 radical (unpaired) electrons. The number of hydrogen-bond acceptors (Lipinski definition) is 4. The summed E-state index contributed by atoms with van der Waals surface area (Å²) in [6.07, 6.45) is 0.0374. The van der Waals surface area contributed by atoms with Crippen molar-refractivity contribution < 1.29 is 13.9 Å². The SMILES string of the molecule is CC1CN(C(=O)c2csc(-c3ccc(F)cc3)n2)C(C)CO1. The van der Waals surface area contributed by atoms with Gasteiger partial charge in [-0.15, -0.1) is 11.3 Å². The highest BCUT2D eigenvalue weighted by atomic mass is 32.1. The van der Waals surface area contributed by atoms with Crippen LogP contribution in [0.1, 0.15) is 24.3 Å². The summed E-state index contributed by atoms with van der Waals surface area (Å²) in [6.45, 7) is 5.04. The summed E-state index contributed by atoms with van der Waals surface area (Å²) >= 11 is 1.39. The van der Waals surface area contributed by atoms with Gasteiger partial charge in [0.25, 0.3) is 5.91 Å². The smallest absolute Gasteiger partial charge is 0.273 e. The van der Waals surface area contributed by atoms with Crippen molar-refractivity contribution >= 4 is 17.2 Å². The van der Waals surface area contributed by atoms with E-state index in [0.717, 1.165) is 10.6 Å². The van der Waals surface area contributed by atoms with Crippen LogP contribution in [0.5, 0.6) is 0 Å². The lowest BCUT2D eigenvalue weighted by atomic mass is 10.2. The van der Waals surface area contributed by atoms with Crippen molar-refractivity contribution in [3.8, 4) is 10.6 Å². The van der Waals surface area contributed by atoms with E-state index < -0.39 is 0 Å². The van der Waals surface area contributed by atoms with E-state index in [-0.39, 0.29) is 23.9 Å². The Labute approximate surface area is 132 Å². The van der Waals surface area contributed by atoms with E-state index in [4.69, 9.17) is 4.74 Å². The molecule has 2 aromatic rings. The standard InChI is InChI=1S/C16H17FN2O2S/c1-10-8-21-11(2)7-19(10)16(20)14-9-22-15(18-14)12-3-5-13(17)6-4-12/h3-6,9-11H,7-8H2,1-2H3. The molecule has 0 saturated carbocycles. The van der Waals surface area contributed by atoms with Gasteiger partial charge in [0.15, 0.2) is 0 Å². The Bertz CT molecular complexity index is 671. The fraction of sp³-hybridized carbons (Fsp3) is 0.375. The van der Waals surface area contributed by atoms with Gasteiger partial charge in [0, 0.05) is 17.5 Å². The number of rotatable bonds is 2. The van der Waals surface area contributed by atoms with Gasteiger partial charge in [0.1, 0.15) is 16.5 Å². The van der Waals surface area contributed by atoms with Crippen LogP contribution in [0.25, 0.3) is 10.6 Å². The van der Waals surface area contributed by atoms with Gasteiger partial charge in [-0.3, -0.25) is 4.79 Å². The molecule has 6 heteroatoms. The Morgan fingerprint density at radius 1 is 1.36 bits per heavy atom. The summed E-state index contributed by atoms with van der Waals surface area (Å²) in [5.74, 6) is -0.361. The highest BCUT2D eigenvalue weighted by molar-refractivity contribution is 7.13. The first-order valence-corrected chi connectivity index (χ1v) is 8.06. The molecule has 1 saturated heterocycles. The minimum Gasteiger partial charge on any atom is -0.375 e. The van der Waals surface area contributed by atoms with Crippen LogP contribution in [0, 0.1) is 5.82 Å². The monoisotopic (exact) mass is 320 g/mol. The lowest BCUT2D eigenvalue weighted by Gasteiger charge is -2.36. The van der Waals surface area contributed by atoms with Crippen LogP contribution in [0.2, 0.25) is 0 Å². The fourth-order valence-electron chi connectivity index (χ4n) is 2.43. The number of ether oxygens (including phenoxy) is 1. The number of carbonyl (C=O) groups is 1. The first-order valence-electron chi connectivity index (χ1n) is 7.18. The topological polar surface area (TPSA) is 42.4 Å². The quantitative estimate of drug-likeness (QED) is 0.853. The van der Waals surface area contributed by atoms with Gasteiger partial charge < -0.3 is 9.64 Å². The lowest BCUT2D eigenvalue weighted by molar-refractivity contribution is -0.0388.